The van der Waals surface area contributed by atoms with Gasteiger partial charge in [0, 0.05) is 36.6 Å². The average molecular weight is 385 g/mol. The quantitative estimate of drug-likeness (QED) is 0.539. The lowest BCUT2D eigenvalue weighted by atomic mass is 10.1. The lowest BCUT2D eigenvalue weighted by Gasteiger charge is -2.06. The zero-order chi connectivity index (χ0) is 18.1. The van der Waals surface area contributed by atoms with Gasteiger partial charge in [0.15, 0.2) is 5.65 Å². The Morgan fingerprint density at radius 1 is 1.04 bits per heavy atom. The van der Waals surface area contributed by atoms with E-state index in [1.54, 1.807) is 55.0 Å². The van der Waals surface area contributed by atoms with Crippen molar-refractivity contribution in [2.75, 3.05) is 0 Å². The first kappa shape index (κ1) is 16.7. The zero-order valence-electron chi connectivity index (χ0n) is 13.4. The fourth-order valence-electron chi connectivity index (χ4n) is 2.79. The van der Waals surface area contributed by atoms with Crippen molar-refractivity contribution in [3.8, 4) is 0 Å². The molecule has 0 atom stereocenters. The van der Waals surface area contributed by atoms with Crippen molar-refractivity contribution in [1.82, 2.24) is 18.9 Å². The molecule has 0 aliphatic heterocycles. The minimum absolute atomic E-state index is 0.197. The molecule has 1 aromatic carbocycles. The number of fused-ring (bicyclic) bond motifs is 1. The molecule has 6 nitrogen and oxygen atoms in total. The highest BCUT2D eigenvalue weighted by molar-refractivity contribution is 7.90. The summed E-state index contributed by atoms with van der Waals surface area (Å²) in [6.45, 7) is 0. The van der Waals surface area contributed by atoms with E-state index < -0.39 is 10.0 Å². The van der Waals surface area contributed by atoms with E-state index >= 15 is 0 Å². The number of nitrogens with zero attached hydrogens (tertiary/aromatic N) is 4. The zero-order valence-corrected chi connectivity index (χ0v) is 15.0. The van der Waals surface area contributed by atoms with Gasteiger partial charge in [-0.3, -0.25) is 0 Å². The molecule has 130 valence electrons. The van der Waals surface area contributed by atoms with Gasteiger partial charge in [0.1, 0.15) is 6.33 Å². The Kier molecular flexibility index (Phi) is 4.18. The molecule has 0 saturated heterocycles. The normalized spacial score (nSPS) is 11.7. The third-order valence-electron chi connectivity index (χ3n) is 3.97. The summed E-state index contributed by atoms with van der Waals surface area (Å²) in [5.74, 6) is 0. The molecule has 3 aromatic heterocycles. The topological polar surface area (TPSA) is 77.7 Å². The lowest BCUT2D eigenvalue weighted by Crippen LogP contribution is -2.12. The van der Waals surface area contributed by atoms with E-state index in [1.807, 2.05) is 0 Å². The molecule has 4 rings (SSSR count). The molecule has 0 bridgehead atoms. The summed E-state index contributed by atoms with van der Waals surface area (Å²) in [4.78, 5) is 12.5. The van der Waals surface area contributed by atoms with Crippen molar-refractivity contribution in [1.29, 1.82) is 0 Å². The summed E-state index contributed by atoms with van der Waals surface area (Å²) in [5, 5.41) is 1.12. The Hall–Kier alpha value is -2.77. The number of benzene rings is 1. The Morgan fingerprint density at radius 2 is 1.77 bits per heavy atom. The summed E-state index contributed by atoms with van der Waals surface area (Å²) >= 11 is 6.09. The molecule has 3 heterocycles. The molecule has 0 N–H and O–H groups in total. The van der Waals surface area contributed by atoms with Crippen molar-refractivity contribution in [3.63, 3.8) is 0 Å². The number of halogens is 1. The fraction of sp³-hybridized carbons (Fsp3) is 0.0556. The third kappa shape index (κ3) is 2.95. The Balaban J connectivity index is 1.91. The summed E-state index contributed by atoms with van der Waals surface area (Å²) in [5.41, 5.74) is 1.98. The molecule has 0 aliphatic carbocycles. The maximum Gasteiger partial charge on any atom is 0.269 e. The van der Waals surface area contributed by atoms with Crippen LogP contribution in [-0.4, -0.2) is 27.3 Å². The molecule has 4 aromatic rings. The Labute approximate surface area is 155 Å². The second-order valence-electron chi connectivity index (χ2n) is 5.72. The Bertz CT molecular complexity index is 1180. The third-order valence-corrected chi connectivity index (χ3v) is 5.84. The second-order valence-corrected chi connectivity index (χ2v) is 7.97. The number of pyridine rings is 1. The van der Waals surface area contributed by atoms with Gasteiger partial charge < -0.3 is 0 Å². The van der Waals surface area contributed by atoms with Crippen LogP contribution in [0.25, 0.3) is 11.0 Å². The first-order valence-corrected chi connectivity index (χ1v) is 9.57. The van der Waals surface area contributed by atoms with E-state index in [9.17, 15) is 8.42 Å². The van der Waals surface area contributed by atoms with Crippen LogP contribution in [-0.2, 0) is 16.4 Å². The van der Waals surface area contributed by atoms with E-state index in [0.717, 1.165) is 11.1 Å². The van der Waals surface area contributed by atoms with E-state index in [4.69, 9.17) is 11.6 Å². The Morgan fingerprint density at radius 3 is 2.50 bits per heavy atom. The van der Waals surface area contributed by atoms with Gasteiger partial charge in [-0.05, 0) is 29.3 Å². The molecular weight excluding hydrogens is 372 g/mol. The van der Waals surface area contributed by atoms with Crippen LogP contribution in [0.4, 0.5) is 0 Å². The fourth-order valence-corrected chi connectivity index (χ4v) is 4.31. The number of hydrogen-bond donors (Lipinski definition) is 0. The van der Waals surface area contributed by atoms with Crippen LogP contribution >= 0.6 is 11.6 Å². The molecule has 26 heavy (non-hydrogen) atoms. The van der Waals surface area contributed by atoms with Crippen molar-refractivity contribution in [2.45, 2.75) is 11.3 Å². The largest absolute Gasteiger partial charge is 0.269 e. The molecule has 0 aliphatic rings. The van der Waals surface area contributed by atoms with Crippen LogP contribution in [0.15, 0.2) is 72.4 Å². The first-order valence-electron chi connectivity index (χ1n) is 7.76. The van der Waals surface area contributed by atoms with Crippen molar-refractivity contribution in [2.24, 2.45) is 0 Å². The molecule has 0 saturated carbocycles. The maximum absolute atomic E-state index is 13.1. The standard InChI is InChI=1S/C18H13ClN4O2S/c19-15-7-17-14(6-13-8-20-12-21-9-13)11-23(18(17)22-10-15)26(24,25)16-4-2-1-3-5-16/h1-5,7-12H,6H2. The van der Waals surface area contributed by atoms with Gasteiger partial charge in [0.2, 0.25) is 0 Å². The van der Waals surface area contributed by atoms with Crippen molar-refractivity contribution in [3.05, 3.63) is 83.7 Å². The van der Waals surface area contributed by atoms with Crippen LogP contribution in [0.1, 0.15) is 11.1 Å². The molecular formula is C18H13ClN4O2S. The molecule has 0 amide bonds. The van der Waals surface area contributed by atoms with Crippen LogP contribution < -0.4 is 0 Å². The van der Waals surface area contributed by atoms with Crippen LogP contribution in [0.5, 0.6) is 0 Å². The number of aromatic nitrogens is 4. The van der Waals surface area contributed by atoms with E-state index in [2.05, 4.69) is 15.0 Å². The predicted octanol–water partition coefficient (Wildman–Crippen LogP) is 3.31. The van der Waals surface area contributed by atoms with Crippen molar-refractivity contribution < 1.29 is 8.42 Å². The molecule has 0 radical (unpaired) electrons. The SMILES string of the molecule is O=S(=O)(c1ccccc1)n1cc(Cc2cncnc2)c2cc(Cl)cnc21. The van der Waals surface area contributed by atoms with Gasteiger partial charge in [-0.2, -0.15) is 0 Å². The lowest BCUT2D eigenvalue weighted by molar-refractivity contribution is 0.588. The van der Waals surface area contributed by atoms with Gasteiger partial charge >= 0.3 is 0 Å². The van der Waals surface area contributed by atoms with Crippen molar-refractivity contribution >= 4 is 32.7 Å². The van der Waals surface area contributed by atoms with Gasteiger partial charge in [0.05, 0.1) is 9.92 Å². The maximum atomic E-state index is 13.1. The van der Waals surface area contributed by atoms with E-state index in [0.29, 0.717) is 22.5 Å². The van der Waals surface area contributed by atoms with Crippen LogP contribution in [0.2, 0.25) is 5.02 Å². The predicted molar refractivity (Wildman–Crippen MR) is 98.6 cm³/mol. The van der Waals surface area contributed by atoms with Gasteiger partial charge in [-0.25, -0.2) is 27.3 Å². The number of rotatable bonds is 4. The summed E-state index contributed by atoms with van der Waals surface area (Å²) in [6.07, 6.45) is 8.33. The van der Waals surface area contributed by atoms with E-state index in [1.165, 1.54) is 16.5 Å². The molecule has 8 heteroatoms. The molecule has 0 spiro atoms. The van der Waals surface area contributed by atoms with Gasteiger partial charge in [-0.15, -0.1) is 0 Å². The monoisotopic (exact) mass is 384 g/mol. The summed E-state index contributed by atoms with van der Waals surface area (Å²) in [7, 11) is -3.77. The first-order chi connectivity index (χ1) is 12.6. The highest BCUT2D eigenvalue weighted by atomic mass is 35.5. The van der Waals surface area contributed by atoms with Gasteiger partial charge in [-0.1, -0.05) is 29.8 Å². The molecule has 0 unspecified atom stereocenters. The average Bonchev–Trinajstić information content (AvgIpc) is 3.02. The minimum Gasteiger partial charge on any atom is -0.245 e. The second kappa shape index (κ2) is 6.51. The molecule has 0 fully saturated rings. The van der Waals surface area contributed by atoms with Crippen LogP contribution in [0, 0.1) is 0 Å². The smallest absolute Gasteiger partial charge is 0.245 e. The van der Waals surface area contributed by atoms with Gasteiger partial charge in [0.25, 0.3) is 10.0 Å². The summed E-state index contributed by atoms with van der Waals surface area (Å²) in [6, 6.07) is 9.98. The highest BCUT2D eigenvalue weighted by Gasteiger charge is 2.22. The van der Waals surface area contributed by atoms with E-state index in [-0.39, 0.29) is 4.90 Å². The number of hydrogen-bond acceptors (Lipinski definition) is 5. The highest BCUT2D eigenvalue weighted by Crippen LogP contribution is 2.28. The van der Waals surface area contributed by atoms with Crippen LogP contribution in [0.3, 0.4) is 0 Å². The summed E-state index contributed by atoms with van der Waals surface area (Å²) < 4.78 is 27.3. The minimum atomic E-state index is -3.77.